The van der Waals surface area contributed by atoms with E-state index in [9.17, 15) is 10.1 Å². The topological polar surface area (TPSA) is 55.2 Å². The minimum atomic E-state index is -0.465. The fourth-order valence-corrected chi connectivity index (χ4v) is 2.38. The molecule has 0 bridgehead atoms. The summed E-state index contributed by atoms with van der Waals surface area (Å²) in [4.78, 5) is 10.6. The third-order valence-corrected chi connectivity index (χ3v) is 3.48. The summed E-state index contributed by atoms with van der Waals surface area (Å²) in [6, 6.07) is 11.7. The van der Waals surface area contributed by atoms with E-state index >= 15 is 0 Å². The Morgan fingerprint density at radius 2 is 1.90 bits per heavy atom. The van der Waals surface area contributed by atoms with Crippen LogP contribution in [0.4, 0.5) is 11.4 Å². The Balaban J connectivity index is 2.31. The van der Waals surface area contributed by atoms with E-state index < -0.39 is 4.92 Å². The molecule has 0 fully saturated rings. The number of nitro groups is 1. The van der Waals surface area contributed by atoms with Crippen LogP contribution in [0.2, 0.25) is 10.0 Å². The van der Waals surface area contributed by atoms with E-state index in [1.54, 1.807) is 18.2 Å². The van der Waals surface area contributed by atoms with Gasteiger partial charge in [0.1, 0.15) is 5.69 Å². The second kappa shape index (κ2) is 6.11. The van der Waals surface area contributed by atoms with Gasteiger partial charge in [-0.05, 0) is 30.7 Å². The molecule has 0 aliphatic rings. The number of hydrogen-bond donors (Lipinski definition) is 1. The smallest absolute Gasteiger partial charge is 0.293 e. The van der Waals surface area contributed by atoms with E-state index in [2.05, 4.69) is 5.32 Å². The van der Waals surface area contributed by atoms with Gasteiger partial charge in [0.05, 0.1) is 11.0 Å². The lowest BCUT2D eigenvalue weighted by molar-refractivity contribution is -0.384. The number of anilines is 1. The van der Waals surface area contributed by atoms with Gasteiger partial charge in [0.25, 0.3) is 5.69 Å². The maximum Gasteiger partial charge on any atom is 0.293 e. The molecule has 1 N–H and O–H groups in total. The fourth-order valence-electron chi connectivity index (χ4n) is 1.92. The molecule has 0 aliphatic carbocycles. The Morgan fingerprint density at radius 1 is 1.20 bits per heavy atom. The molecule has 0 aliphatic heterocycles. The molecule has 4 nitrogen and oxygen atoms in total. The highest BCUT2D eigenvalue weighted by molar-refractivity contribution is 6.31. The summed E-state index contributed by atoms with van der Waals surface area (Å²) in [6.07, 6.45) is 0. The van der Waals surface area contributed by atoms with Crippen LogP contribution in [0.1, 0.15) is 18.5 Å². The number of hydrogen-bond acceptors (Lipinski definition) is 3. The molecule has 6 heteroatoms. The van der Waals surface area contributed by atoms with Gasteiger partial charge in [0, 0.05) is 16.1 Å². The van der Waals surface area contributed by atoms with Gasteiger partial charge in [-0.1, -0.05) is 41.4 Å². The van der Waals surface area contributed by atoms with Gasteiger partial charge < -0.3 is 5.32 Å². The first kappa shape index (κ1) is 14.6. The van der Waals surface area contributed by atoms with Gasteiger partial charge in [-0.25, -0.2) is 0 Å². The van der Waals surface area contributed by atoms with Crippen LogP contribution >= 0.6 is 23.2 Å². The normalized spacial score (nSPS) is 11.9. The molecule has 0 spiro atoms. The van der Waals surface area contributed by atoms with E-state index in [0.29, 0.717) is 15.7 Å². The standard InChI is InChI=1S/C14H12Cl2N2O2/c1-9(11-4-2-3-5-12(11)16)17-13-7-6-10(15)8-14(13)18(19)20/h2-9,17H,1H3. The predicted octanol–water partition coefficient (Wildman–Crippen LogP) is 5.07. The molecule has 1 unspecified atom stereocenters. The monoisotopic (exact) mass is 310 g/mol. The first-order valence-electron chi connectivity index (χ1n) is 5.94. The molecular weight excluding hydrogens is 299 g/mol. The van der Waals surface area contributed by atoms with Crippen molar-refractivity contribution in [1.29, 1.82) is 0 Å². The van der Waals surface area contributed by atoms with Crippen molar-refractivity contribution >= 4 is 34.6 Å². The van der Waals surface area contributed by atoms with Crippen molar-refractivity contribution in [3.8, 4) is 0 Å². The Labute approximate surface area is 126 Å². The summed E-state index contributed by atoms with van der Waals surface area (Å²) in [6.45, 7) is 1.89. The molecule has 20 heavy (non-hydrogen) atoms. The highest BCUT2D eigenvalue weighted by Crippen LogP contribution is 2.32. The van der Waals surface area contributed by atoms with Crippen LogP contribution in [0.5, 0.6) is 0 Å². The first-order valence-corrected chi connectivity index (χ1v) is 6.69. The largest absolute Gasteiger partial charge is 0.373 e. The SMILES string of the molecule is CC(Nc1ccc(Cl)cc1[N+](=O)[O-])c1ccccc1Cl. The van der Waals surface area contributed by atoms with E-state index in [1.165, 1.54) is 6.07 Å². The molecule has 104 valence electrons. The number of nitrogens with one attached hydrogen (secondary N) is 1. The van der Waals surface area contributed by atoms with E-state index in [4.69, 9.17) is 23.2 Å². The van der Waals surface area contributed by atoms with Gasteiger partial charge in [-0.2, -0.15) is 0 Å². The van der Waals surface area contributed by atoms with Crippen LogP contribution in [-0.4, -0.2) is 4.92 Å². The van der Waals surface area contributed by atoms with E-state index in [-0.39, 0.29) is 11.7 Å². The molecular formula is C14H12Cl2N2O2. The summed E-state index contributed by atoms with van der Waals surface area (Å²) in [7, 11) is 0. The maximum absolute atomic E-state index is 11.0. The van der Waals surface area contributed by atoms with Crippen LogP contribution in [0.3, 0.4) is 0 Å². The molecule has 0 radical (unpaired) electrons. The van der Waals surface area contributed by atoms with Gasteiger partial charge in [0.15, 0.2) is 0 Å². The lowest BCUT2D eigenvalue weighted by Gasteiger charge is -2.17. The zero-order chi connectivity index (χ0) is 14.7. The zero-order valence-electron chi connectivity index (χ0n) is 10.6. The average Bonchev–Trinajstić information content (AvgIpc) is 2.41. The molecule has 2 aromatic rings. The number of nitrogens with zero attached hydrogens (tertiary/aromatic N) is 1. The lowest BCUT2D eigenvalue weighted by atomic mass is 10.1. The minimum absolute atomic E-state index is 0.0589. The molecule has 2 aromatic carbocycles. The molecule has 0 saturated heterocycles. The van der Waals surface area contributed by atoms with Crippen LogP contribution < -0.4 is 5.32 Å². The number of halogens is 2. The van der Waals surface area contributed by atoms with Crippen molar-refractivity contribution in [2.45, 2.75) is 13.0 Å². The van der Waals surface area contributed by atoms with Gasteiger partial charge >= 0.3 is 0 Å². The Morgan fingerprint density at radius 3 is 2.55 bits per heavy atom. The second-order valence-electron chi connectivity index (χ2n) is 4.31. The van der Waals surface area contributed by atoms with Crippen molar-refractivity contribution in [3.63, 3.8) is 0 Å². The third-order valence-electron chi connectivity index (χ3n) is 2.90. The van der Waals surface area contributed by atoms with Crippen molar-refractivity contribution in [1.82, 2.24) is 0 Å². The Kier molecular flexibility index (Phi) is 4.47. The Bertz CT molecular complexity index is 647. The molecule has 1 atom stereocenters. The number of rotatable bonds is 4. The van der Waals surface area contributed by atoms with Gasteiger partial charge in [-0.15, -0.1) is 0 Å². The summed E-state index contributed by atoms with van der Waals surface area (Å²) in [5.41, 5.74) is 1.22. The minimum Gasteiger partial charge on any atom is -0.373 e. The second-order valence-corrected chi connectivity index (χ2v) is 5.15. The van der Waals surface area contributed by atoms with E-state index in [1.807, 2.05) is 25.1 Å². The predicted molar refractivity (Wildman–Crippen MR) is 81.6 cm³/mol. The van der Waals surface area contributed by atoms with Crippen LogP contribution in [0.15, 0.2) is 42.5 Å². The molecule has 0 saturated carbocycles. The molecule has 0 amide bonds. The van der Waals surface area contributed by atoms with Crippen LogP contribution in [0, 0.1) is 10.1 Å². The first-order chi connectivity index (χ1) is 9.49. The van der Waals surface area contributed by atoms with Gasteiger partial charge in [-0.3, -0.25) is 10.1 Å². The zero-order valence-corrected chi connectivity index (χ0v) is 12.2. The highest BCUT2D eigenvalue weighted by atomic mass is 35.5. The number of nitro benzene ring substituents is 1. The van der Waals surface area contributed by atoms with Crippen LogP contribution in [-0.2, 0) is 0 Å². The van der Waals surface area contributed by atoms with E-state index in [0.717, 1.165) is 5.56 Å². The van der Waals surface area contributed by atoms with Crippen molar-refractivity contribution in [2.75, 3.05) is 5.32 Å². The highest BCUT2D eigenvalue weighted by Gasteiger charge is 2.17. The average molecular weight is 311 g/mol. The summed E-state index contributed by atoms with van der Waals surface area (Å²) < 4.78 is 0. The fraction of sp³-hybridized carbons (Fsp3) is 0.143. The third kappa shape index (κ3) is 3.21. The van der Waals surface area contributed by atoms with Gasteiger partial charge in [0.2, 0.25) is 0 Å². The summed E-state index contributed by atoms with van der Waals surface area (Å²) >= 11 is 11.9. The van der Waals surface area contributed by atoms with Crippen molar-refractivity contribution in [2.24, 2.45) is 0 Å². The molecule has 2 rings (SSSR count). The summed E-state index contributed by atoms with van der Waals surface area (Å²) in [5, 5.41) is 15.1. The maximum atomic E-state index is 11.0. The van der Waals surface area contributed by atoms with Crippen molar-refractivity contribution in [3.05, 3.63) is 68.2 Å². The number of benzene rings is 2. The van der Waals surface area contributed by atoms with Crippen LogP contribution in [0.25, 0.3) is 0 Å². The quantitative estimate of drug-likeness (QED) is 0.633. The van der Waals surface area contributed by atoms with Crippen molar-refractivity contribution < 1.29 is 4.92 Å². The molecule has 0 aromatic heterocycles. The lowest BCUT2D eigenvalue weighted by Crippen LogP contribution is -2.08. The Hall–Kier alpha value is -1.78. The summed E-state index contributed by atoms with van der Waals surface area (Å²) in [5.74, 6) is 0. The molecule has 0 heterocycles.